The highest BCUT2D eigenvalue weighted by Gasteiger charge is 2.43. The fraction of sp³-hybridized carbons (Fsp3) is 0.643. The van der Waals surface area contributed by atoms with Gasteiger partial charge in [0.15, 0.2) is 0 Å². The van der Waals surface area contributed by atoms with Gasteiger partial charge in [0, 0.05) is 28.9 Å². The quantitative estimate of drug-likeness (QED) is 0.904. The molecule has 0 saturated carbocycles. The Morgan fingerprint density at radius 2 is 2.15 bits per heavy atom. The van der Waals surface area contributed by atoms with Crippen LogP contribution < -0.4 is 5.32 Å². The molecule has 1 N–H and O–H groups in total. The Hall–Kier alpha value is -0.720. The first-order valence-corrected chi connectivity index (χ1v) is 9.49. The average molecular weight is 314 g/mol. The van der Waals surface area contributed by atoms with Crippen molar-refractivity contribution in [1.82, 2.24) is 10.2 Å². The van der Waals surface area contributed by atoms with Gasteiger partial charge in [-0.3, -0.25) is 14.3 Å². The molecule has 4 unspecified atom stereocenters. The summed E-state index contributed by atoms with van der Waals surface area (Å²) in [6.07, 6.45) is 1.59. The minimum Gasteiger partial charge on any atom is -0.318 e. The summed E-state index contributed by atoms with van der Waals surface area (Å²) in [4.78, 5) is 14.5. The molecule has 0 aromatic carbocycles. The van der Waals surface area contributed by atoms with Gasteiger partial charge in [0.05, 0.1) is 6.04 Å². The first-order valence-electron chi connectivity index (χ1n) is 6.82. The van der Waals surface area contributed by atoms with Crippen LogP contribution in [0.2, 0.25) is 0 Å². The second-order valence-corrected chi connectivity index (χ2v) is 7.94. The molecule has 0 aliphatic carbocycles. The maximum absolute atomic E-state index is 12.6. The fourth-order valence-electron chi connectivity index (χ4n) is 2.67. The van der Waals surface area contributed by atoms with Crippen LogP contribution in [0.1, 0.15) is 32.5 Å². The van der Waals surface area contributed by atoms with Crippen LogP contribution in [-0.2, 0) is 15.6 Å². The lowest BCUT2D eigenvalue weighted by Crippen LogP contribution is -2.41. The van der Waals surface area contributed by atoms with Crippen LogP contribution in [0.3, 0.4) is 0 Å². The number of amides is 1. The zero-order valence-corrected chi connectivity index (χ0v) is 14.0. The molecule has 2 heterocycles. The Balaban J connectivity index is 2.28. The fourth-order valence-corrected chi connectivity index (χ4v) is 4.19. The second kappa shape index (κ2) is 6.37. The van der Waals surface area contributed by atoms with Gasteiger partial charge in [-0.05, 0) is 35.2 Å². The minimum atomic E-state index is -0.909. The van der Waals surface area contributed by atoms with E-state index >= 15 is 0 Å². The largest absolute Gasteiger partial charge is 0.318 e. The van der Waals surface area contributed by atoms with Crippen LogP contribution in [0.4, 0.5) is 0 Å². The smallest absolute Gasteiger partial charge is 0.241 e. The third-order valence-corrected chi connectivity index (χ3v) is 5.27. The number of nitrogens with zero attached hydrogens (tertiary/aromatic N) is 1. The number of carbonyl (C=O) groups excluding carboxylic acids is 1. The molecule has 6 heteroatoms. The third kappa shape index (κ3) is 3.13. The number of nitrogens with one attached hydrogen (secondary N) is 1. The van der Waals surface area contributed by atoms with Crippen LogP contribution in [0.5, 0.6) is 0 Å². The number of carbonyl (C=O) groups is 1. The van der Waals surface area contributed by atoms with Crippen molar-refractivity contribution in [2.45, 2.75) is 39.0 Å². The molecule has 1 aromatic rings. The maximum Gasteiger partial charge on any atom is 0.241 e. The molecule has 1 aliphatic heterocycles. The Morgan fingerprint density at radius 1 is 1.45 bits per heavy atom. The molecule has 0 spiro atoms. The Bertz CT molecular complexity index is 487. The van der Waals surface area contributed by atoms with Gasteiger partial charge < -0.3 is 4.90 Å². The van der Waals surface area contributed by atoms with Crippen LogP contribution >= 0.6 is 11.3 Å². The van der Waals surface area contributed by atoms with Crippen molar-refractivity contribution in [3.8, 4) is 0 Å². The Labute approximate surface area is 127 Å². The highest BCUT2D eigenvalue weighted by atomic mass is 32.2. The summed E-state index contributed by atoms with van der Waals surface area (Å²) in [6, 6.07) is 1.85. The van der Waals surface area contributed by atoms with E-state index in [0.29, 0.717) is 5.75 Å². The van der Waals surface area contributed by atoms with Gasteiger partial charge >= 0.3 is 0 Å². The van der Waals surface area contributed by atoms with Gasteiger partial charge in [-0.15, -0.1) is 0 Å². The average Bonchev–Trinajstić information content (AvgIpc) is 2.94. The summed E-state index contributed by atoms with van der Waals surface area (Å²) in [7, 11) is -0.909. The molecular weight excluding hydrogens is 292 g/mol. The third-order valence-electron chi connectivity index (χ3n) is 3.61. The van der Waals surface area contributed by atoms with Crippen LogP contribution in [0.25, 0.3) is 0 Å². The van der Waals surface area contributed by atoms with Crippen LogP contribution in [-0.4, -0.2) is 39.1 Å². The zero-order valence-electron chi connectivity index (χ0n) is 12.3. The molecule has 20 heavy (non-hydrogen) atoms. The van der Waals surface area contributed by atoms with Gasteiger partial charge in [-0.25, -0.2) is 0 Å². The summed E-state index contributed by atoms with van der Waals surface area (Å²) in [6.45, 7) is 6.07. The van der Waals surface area contributed by atoms with E-state index in [1.165, 1.54) is 0 Å². The monoisotopic (exact) mass is 314 g/mol. The van der Waals surface area contributed by atoms with E-state index < -0.39 is 10.8 Å². The van der Waals surface area contributed by atoms with Gasteiger partial charge in [0.1, 0.15) is 6.17 Å². The number of thiophene rings is 1. The van der Waals surface area contributed by atoms with Crippen molar-refractivity contribution < 1.29 is 9.00 Å². The van der Waals surface area contributed by atoms with Crippen molar-refractivity contribution >= 4 is 28.0 Å². The van der Waals surface area contributed by atoms with Gasteiger partial charge in [-0.1, -0.05) is 13.8 Å². The van der Waals surface area contributed by atoms with E-state index in [4.69, 9.17) is 0 Å². The Morgan fingerprint density at radius 3 is 2.65 bits per heavy atom. The van der Waals surface area contributed by atoms with E-state index in [1.54, 1.807) is 17.6 Å². The highest BCUT2D eigenvalue weighted by molar-refractivity contribution is 7.84. The van der Waals surface area contributed by atoms with Crippen LogP contribution in [0.15, 0.2) is 16.8 Å². The number of rotatable bonds is 5. The minimum absolute atomic E-state index is 0.0329. The maximum atomic E-state index is 12.6. The van der Waals surface area contributed by atoms with Crippen LogP contribution in [0, 0.1) is 5.92 Å². The molecule has 2 rings (SSSR count). The molecule has 112 valence electrons. The van der Waals surface area contributed by atoms with E-state index in [-0.39, 0.29) is 30.1 Å². The molecule has 0 bridgehead atoms. The first kappa shape index (κ1) is 15.7. The second-order valence-electron chi connectivity index (χ2n) is 5.68. The lowest BCUT2D eigenvalue weighted by atomic mass is 10.0. The number of hydrogen-bond donors (Lipinski definition) is 1. The van der Waals surface area contributed by atoms with Crippen molar-refractivity contribution in [1.29, 1.82) is 0 Å². The summed E-state index contributed by atoms with van der Waals surface area (Å²) in [5.74, 6) is 0.876. The topological polar surface area (TPSA) is 49.4 Å². The normalized spacial score (nSPS) is 26.2. The van der Waals surface area contributed by atoms with Crippen molar-refractivity contribution in [2.75, 3.05) is 12.0 Å². The summed E-state index contributed by atoms with van der Waals surface area (Å²) < 4.78 is 11.5. The summed E-state index contributed by atoms with van der Waals surface area (Å²) >= 11 is 1.63. The predicted molar refractivity (Wildman–Crippen MR) is 84.1 cm³/mol. The van der Waals surface area contributed by atoms with E-state index in [1.807, 2.05) is 37.1 Å². The van der Waals surface area contributed by atoms with E-state index in [2.05, 4.69) is 10.7 Å². The molecule has 1 aromatic heterocycles. The van der Waals surface area contributed by atoms with Gasteiger partial charge in [0.2, 0.25) is 5.91 Å². The van der Waals surface area contributed by atoms with E-state index in [0.717, 1.165) is 5.56 Å². The SMILES string of the molecule is CC(C)C1NC(c2ccsc2)N(C(C)CS(C)=O)C1=O. The molecule has 1 aliphatic rings. The lowest BCUT2D eigenvalue weighted by molar-refractivity contribution is -0.132. The van der Waals surface area contributed by atoms with Gasteiger partial charge in [-0.2, -0.15) is 11.3 Å². The molecular formula is C14H22N2O2S2. The summed E-state index contributed by atoms with van der Waals surface area (Å²) in [5.41, 5.74) is 1.11. The molecule has 1 fully saturated rings. The highest BCUT2D eigenvalue weighted by Crippen LogP contribution is 2.31. The summed E-state index contributed by atoms with van der Waals surface area (Å²) in [5, 5.41) is 7.52. The van der Waals surface area contributed by atoms with Gasteiger partial charge in [0.25, 0.3) is 0 Å². The zero-order chi connectivity index (χ0) is 14.9. The Kier molecular flexibility index (Phi) is 4.99. The molecule has 1 amide bonds. The lowest BCUT2D eigenvalue weighted by Gasteiger charge is -2.29. The molecule has 4 nitrogen and oxygen atoms in total. The van der Waals surface area contributed by atoms with E-state index in [9.17, 15) is 9.00 Å². The number of hydrogen-bond acceptors (Lipinski definition) is 4. The standard InChI is InChI=1S/C14H22N2O2S2/c1-9(2)12-14(17)16(10(3)8-20(4)18)13(15-12)11-5-6-19-7-11/h5-7,9-10,12-13,15H,8H2,1-4H3. The molecule has 1 saturated heterocycles. The molecule has 4 atom stereocenters. The van der Waals surface area contributed by atoms with Crippen molar-refractivity contribution in [3.63, 3.8) is 0 Å². The first-order chi connectivity index (χ1) is 9.41. The predicted octanol–water partition coefficient (Wildman–Crippen LogP) is 1.97. The molecule has 0 radical (unpaired) electrons. The van der Waals surface area contributed by atoms with Crippen molar-refractivity contribution in [3.05, 3.63) is 22.4 Å². The van der Waals surface area contributed by atoms with Crippen molar-refractivity contribution in [2.24, 2.45) is 5.92 Å².